The van der Waals surface area contributed by atoms with Crippen LogP contribution in [0.4, 0.5) is 4.39 Å². The van der Waals surface area contributed by atoms with E-state index in [1.165, 1.54) is 19.3 Å². The summed E-state index contributed by atoms with van der Waals surface area (Å²) in [5, 5.41) is 9.46. The first-order valence-electron chi connectivity index (χ1n) is 6.31. The lowest BCUT2D eigenvalue weighted by molar-refractivity contribution is 0.301. The van der Waals surface area contributed by atoms with Crippen LogP contribution in [0.2, 0.25) is 0 Å². The van der Waals surface area contributed by atoms with Crippen molar-refractivity contribution in [2.45, 2.75) is 45.1 Å². The minimum Gasteiger partial charge on any atom is -0.492 e. The van der Waals surface area contributed by atoms with Crippen LogP contribution in [0.3, 0.4) is 0 Å². The highest BCUT2D eigenvalue weighted by Crippen LogP contribution is 2.26. The molecule has 1 fully saturated rings. The second kappa shape index (κ2) is 5.37. The first kappa shape index (κ1) is 12.9. The Morgan fingerprint density at radius 2 is 1.94 bits per heavy atom. The van der Waals surface area contributed by atoms with Crippen LogP contribution >= 0.6 is 0 Å². The van der Waals surface area contributed by atoms with Crippen LogP contribution in [0.1, 0.15) is 38.5 Å². The van der Waals surface area contributed by atoms with Crippen molar-refractivity contribution in [3.05, 3.63) is 26.7 Å². The van der Waals surface area contributed by atoms with Gasteiger partial charge in [-0.15, -0.1) is 0 Å². The van der Waals surface area contributed by atoms with E-state index in [-0.39, 0.29) is 6.54 Å². The molecule has 5 nitrogen and oxygen atoms in total. The topological polar surface area (TPSA) is 75.1 Å². The first-order valence-corrected chi connectivity index (χ1v) is 6.31. The van der Waals surface area contributed by atoms with Gasteiger partial charge in [-0.05, 0) is 12.3 Å². The van der Waals surface area contributed by atoms with E-state index in [2.05, 4.69) is 0 Å². The van der Waals surface area contributed by atoms with E-state index in [0.717, 1.165) is 23.8 Å². The largest absolute Gasteiger partial charge is 0.492 e. The minimum atomic E-state index is -1.29. The van der Waals surface area contributed by atoms with Gasteiger partial charge in [0.15, 0.2) is 0 Å². The normalized spacial score (nSPS) is 16.9. The van der Waals surface area contributed by atoms with Gasteiger partial charge < -0.3 is 5.11 Å². The van der Waals surface area contributed by atoms with E-state index < -0.39 is 22.9 Å². The maximum absolute atomic E-state index is 13.2. The van der Waals surface area contributed by atoms with Crippen molar-refractivity contribution in [1.82, 2.24) is 9.55 Å². The van der Waals surface area contributed by atoms with E-state index in [1.54, 1.807) is 0 Å². The third kappa shape index (κ3) is 2.63. The van der Waals surface area contributed by atoms with E-state index in [0.29, 0.717) is 5.92 Å². The third-order valence-electron chi connectivity index (χ3n) is 3.60. The Bertz CT molecular complexity index is 529. The van der Waals surface area contributed by atoms with Crippen LogP contribution in [0.5, 0.6) is 5.88 Å². The summed E-state index contributed by atoms with van der Waals surface area (Å²) < 4.78 is 14.1. The van der Waals surface area contributed by atoms with E-state index in [9.17, 15) is 19.1 Å². The number of aromatic hydroxyl groups is 1. The van der Waals surface area contributed by atoms with Crippen molar-refractivity contribution in [3.8, 4) is 5.88 Å². The standard InChI is InChI=1S/C12H17FN2O3/c13-9-10(16)14-12(18)15(11(9)17)7-6-8-4-2-1-3-5-8/h8,17H,1-7H2,(H,14,16,18). The number of nitrogens with zero attached hydrogens (tertiary/aromatic N) is 1. The Morgan fingerprint density at radius 3 is 2.61 bits per heavy atom. The molecule has 0 aliphatic heterocycles. The quantitative estimate of drug-likeness (QED) is 0.857. The van der Waals surface area contributed by atoms with Crippen molar-refractivity contribution >= 4 is 0 Å². The van der Waals surface area contributed by atoms with Gasteiger partial charge in [0.2, 0.25) is 11.7 Å². The number of aromatic amines is 1. The fraction of sp³-hybridized carbons (Fsp3) is 0.667. The summed E-state index contributed by atoms with van der Waals surface area (Å²) in [6.07, 6.45) is 6.56. The van der Waals surface area contributed by atoms with Crippen LogP contribution in [-0.4, -0.2) is 14.7 Å². The minimum absolute atomic E-state index is 0.239. The monoisotopic (exact) mass is 256 g/mol. The van der Waals surface area contributed by atoms with Gasteiger partial charge in [0.25, 0.3) is 5.56 Å². The summed E-state index contributed by atoms with van der Waals surface area (Å²) >= 11 is 0. The zero-order chi connectivity index (χ0) is 13.1. The molecule has 1 aromatic heterocycles. The second-order valence-electron chi connectivity index (χ2n) is 4.84. The molecule has 0 unspecified atom stereocenters. The van der Waals surface area contributed by atoms with Crippen molar-refractivity contribution < 1.29 is 9.50 Å². The fourth-order valence-corrected chi connectivity index (χ4v) is 2.53. The van der Waals surface area contributed by atoms with E-state index in [1.807, 2.05) is 4.98 Å². The maximum Gasteiger partial charge on any atom is 0.331 e. The first-order chi connectivity index (χ1) is 8.59. The second-order valence-corrected chi connectivity index (χ2v) is 4.84. The smallest absolute Gasteiger partial charge is 0.331 e. The van der Waals surface area contributed by atoms with Gasteiger partial charge in [-0.25, -0.2) is 4.79 Å². The van der Waals surface area contributed by atoms with Gasteiger partial charge in [0.1, 0.15) is 0 Å². The summed E-state index contributed by atoms with van der Waals surface area (Å²) in [6, 6.07) is 0. The van der Waals surface area contributed by atoms with Crippen molar-refractivity contribution in [2.75, 3.05) is 0 Å². The molecule has 0 spiro atoms. The molecule has 1 heterocycles. The molecule has 0 radical (unpaired) electrons. The van der Waals surface area contributed by atoms with Gasteiger partial charge >= 0.3 is 5.69 Å². The Morgan fingerprint density at radius 1 is 1.28 bits per heavy atom. The average molecular weight is 256 g/mol. The summed E-state index contributed by atoms with van der Waals surface area (Å²) in [5.41, 5.74) is -1.93. The molecular formula is C12H17FN2O3. The molecule has 0 bridgehead atoms. The number of halogens is 1. The number of H-pyrrole nitrogens is 1. The van der Waals surface area contributed by atoms with Crippen LogP contribution in [-0.2, 0) is 6.54 Å². The summed E-state index contributed by atoms with van der Waals surface area (Å²) in [7, 11) is 0. The number of hydrogen-bond acceptors (Lipinski definition) is 3. The number of hydrogen-bond donors (Lipinski definition) is 2. The molecule has 18 heavy (non-hydrogen) atoms. The molecule has 0 atom stereocenters. The molecule has 2 rings (SSSR count). The Labute approximate surface area is 103 Å². The predicted octanol–water partition coefficient (Wildman–Crippen LogP) is 1.35. The predicted molar refractivity (Wildman–Crippen MR) is 64.1 cm³/mol. The molecule has 1 saturated carbocycles. The van der Waals surface area contributed by atoms with E-state index in [4.69, 9.17) is 0 Å². The lowest BCUT2D eigenvalue weighted by Gasteiger charge is -2.21. The molecular weight excluding hydrogens is 239 g/mol. The highest BCUT2D eigenvalue weighted by Gasteiger charge is 2.17. The van der Waals surface area contributed by atoms with Crippen molar-refractivity contribution in [3.63, 3.8) is 0 Å². The zero-order valence-corrected chi connectivity index (χ0v) is 10.1. The Kier molecular flexibility index (Phi) is 3.84. The maximum atomic E-state index is 13.2. The SMILES string of the molecule is O=c1[nH]c(=O)n(CCC2CCCCC2)c(O)c1F. The highest BCUT2D eigenvalue weighted by atomic mass is 19.1. The van der Waals surface area contributed by atoms with E-state index >= 15 is 0 Å². The lowest BCUT2D eigenvalue weighted by atomic mass is 9.87. The van der Waals surface area contributed by atoms with Crippen LogP contribution in [0, 0.1) is 11.7 Å². The molecule has 100 valence electrons. The summed E-state index contributed by atoms with van der Waals surface area (Å²) in [4.78, 5) is 24.2. The molecule has 1 aromatic rings. The molecule has 1 aliphatic rings. The van der Waals surface area contributed by atoms with Gasteiger partial charge in [0, 0.05) is 6.54 Å². The summed E-state index contributed by atoms with van der Waals surface area (Å²) in [5.74, 6) is -1.64. The zero-order valence-electron chi connectivity index (χ0n) is 10.1. The van der Waals surface area contributed by atoms with Crippen molar-refractivity contribution in [1.29, 1.82) is 0 Å². The molecule has 2 N–H and O–H groups in total. The van der Waals surface area contributed by atoms with Crippen LogP contribution in [0.15, 0.2) is 9.59 Å². The Balaban J connectivity index is 2.11. The summed E-state index contributed by atoms with van der Waals surface area (Å²) in [6.45, 7) is 0.239. The number of rotatable bonds is 3. The van der Waals surface area contributed by atoms with Gasteiger partial charge in [-0.2, -0.15) is 4.39 Å². The van der Waals surface area contributed by atoms with Gasteiger partial charge in [-0.3, -0.25) is 14.3 Å². The van der Waals surface area contributed by atoms with Gasteiger partial charge in [-0.1, -0.05) is 32.1 Å². The molecule has 6 heteroatoms. The molecule has 0 saturated heterocycles. The van der Waals surface area contributed by atoms with Crippen molar-refractivity contribution in [2.24, 2.45) is 5.92 Å². The molecule has 0 aromatic carbocycles. The number of nitrogens with one attached hydrogen (secondary N) is 1. The lowest BCUT2D eigenvalue weighted by Crippen LogP contribution is -2.32. The Hall–Kier alpha value is -1.59. The highest BCUT2D eigenvalue weighted by molar-refractivity contribution is 5.09. The molecule has 1 aliphatic carbocycles. The van der Waals surface area contributed by atoms with Gasteiger partial charge in [0.05, 0.1) is 0 Å². The number of aromatic nitrogens is 2. The van der Waals surface area contributed by atoms with Crippen LogP contribution < -0.4 is 11.2 Å². The molecule has 0 amide bonds. The fourth-order valence-electron chi connectivity index (χ4n) is 2.53. The average Bonchev–Trinajstić information content (AvgIpc) is 2.37. The van der Waals surface area contributed by atoms with Crippen LogP contribution in [0.25, 0.3) is 0 Å². The third-order valence-corrected chi connectivity index (χ3v) is 3.60.